The van der Waals surface area contributed by atoms with Crippen molar-refractivity contribution in [1.29, 1.82) is 0 Å². The molecule has 0 unspecified atom stereocenters. The summed E-state index contributed by atoms with van der Waals surface area (Å²) >= 11 is 3.25. The van der Waals surface area contributed by atoms with Crippen LogP contribution in [0.5, 0.6) is 0 Å². The molecule has 1 amide bonds. The van der Waals surface area contributed by atoms with Crippen molar-refractivity contribution in [1.82, 2.24) is 5.32 Å². The van der Waals surface area contributed by atoms with Gasteiger partial charge in [0, 0.05) is 11.0 Å². The van der Waals surface area contributed by atoms with E-state index < -0.39 is 5.82 Å². The second-order valence-corrected chi connectivity index (χ2v) is 5.32. The van der Waals surface area contributed by atoms with Crippen molar-refractivity contribution in [3.63, 3.8) is 0 Å². The maximum atomic E-state index is 13.1. The van der Waals surface area contributed by atoms with Crippen LogP contribution in [0.3, 0.4) is 0 Å². The second-order valence-electron chi connectivity index (χ2n) is 4.47. The van der Waals surface area contributed by atoms with Crippen LogP contribution < -0.4 is 5.32 Å². The lowest BCUT2D eigenvalue weighted by Crippen LogP contribution is -2.25. The van der Waals surface area contributed by atoms with E-state index in [0.29, 0.717) is 16.6 Å². The van der Waals surface area contributed by atoms with E-state index in [1.807, 2.05) is 18.2 Å². The molecule has 0 heterocycles. The average molecular weight is 336 g/mol. The van der Waals surface area contributed by atoms with Crippen molar-refractivity contribution in [2.24, 2.45) is 0 Å². The largest absolute Gasteiger partial charge is 0.352 e. The maximum Gasteiger partial charge on any atom is 0.252 e. The third-order valence-electron chi connectivity index (χ3n) is 2.94. The summed E-state index contributed by atoms with van der Waals surface area (Å²) in [4.78, 5) is 11.9. The molecular formula is C16H15BrFNO. The summed E-state index contributed by atoms with van der Waals surface area (Å²) in [5, 5.41) is 2.80. The number of carbonyl (C=O) groups is 1. The lowest BCUT2D eigenvalue weighted by molar-refractivity contribution is 0.0952. The molecule has 0 aliphatic carbocycles. The van der Waals surface area contributed by atoms with Crippen molar-refractivity contribution in [2.75, 3.05) is 6.54 Å². The first-order valence-corrected chi connectivity index (χ1v) is 7.23. The number of amides is 1. The van der Waals surface area contributed by atoms with Crippen LogP contribution in [0.1, 0.15) is 22.3 Å². The molecule has 0 saturated heterocycles. The van der Waals surface area contributed by atoms with Gasteiger partial charge in [-0.2, -0.15) is 0 Å². The molecule has 2 rings (SSSR count). The molecule has 0 spiro atoms. The van der Waals surface area contributed by atoms with Crippen LogP contribution in [-0.2, 0) is 6.42 Å². The van der Waals surface area contributed by atoms with Crippen LogP contribution in [-0.4, -0.2) is 12.5 Å². The number of aryl methyl sites for hydroxylation is 1. The smallest absolute Gasteiger partial charge is 0.252 e. The Kier molecular flexibility index (Phi) is 5.30. The van der Waals surface area contributed by atoms with Crippen molar-refractivity contribution < 1.29 is 9.18 Å². The van der Waals surface area contributed by atoms with Crippen molar-refractivity contribution in [3.05, 3.63) is 69.9 Å². The first-order valence-electron chi connectivity index (χ1n) is 6.44. The van der Waals surface area contributed by atoms with E-state index in [2.05, 4.69) is 33.4 Å². The van der Waals surface area contributed by atoms with Crippen molar-refractivity contribution in [2.45, 2.75) is 12.8 Å². The van der Waals surface area contributed by atoms with E-state index in [0.717, 1.165) is 12.8 Å². The summed E-state index contributed by atoms with van der Waals surface area (Å²) < 4.78 is 13.7. The molecule has 2 aromatic rings. The number of halogens is 2. The lowest BCUT2D eigenvalue weighted by atomic mass is 10.1. The van der Waals surface area contributed by atoms with E-state index in [1.54, 1.807) is 0 Å². The van der Waals surface area contributed by atoms with Crippen LogP contribution in [0.15, 0.2) is 53.0 Å². The monoisotopic (exact) mass is 335 g/mol. The Hall–Kier alpha value is -1.68. The molecule has 4 heteroatoms. The van der Waals surface area contributed by atoms with Crippen LogP contribution in [0.2, 0.25) is 0 Å². The van der Waals surface area contributed by atoms with E-state index >= 15 is 0 Å². The molecule has 0 aromatic heterocycles. The highest BCUT2D eigenvalue weighted by molar-refractivity contribution is 9.10. The maximum absolute atomic E-state index is 13.1. The normalized spacial score (nSPS) is 10.3. The van der Waals surface area contributed by atoms with E-state index in [4.69, 9.17) is 0 Å². The molecule has 2 nitrogen and oxygen atoms in total. The number of carbonyl (C=O) groups excluding carboxylic acids is 1. The fourth-order valence-electron chi connectivity index (χ4n) is 1.91. The molecule has 104 valence electrons. The molecule has 1 N–H and O–H groups in total. The zero-order chi connectivity index (χ0) is 14.4. The third-order valence-corrected chi connectivity index (χ3v) is 3.64. The number of hydrogen-bond donors (Lipinski definition) is 1. The quantitative estimate of drug-likeness (QED) is 0.823. The fraction of sp³-hybridized carbons (Fsp3) is 0.188. The minimum atomic E-state index is -0.414. The summed E-state index contributed by atoms with van der Waals surface area (Å²) in [5.41, 5.74) is 1.57. The predicted octanol–water partition coefficient (Wildman–Crippen LogP) is 3.95. The zero-order valence-electron chi connectivity index (χ0n) is 10.9. The number of benzene rings is 2. The van der Waals surface area contributed by atoms with Crippen molar-refractivity contribution >= 4 is 21.8 Å². The van der Waals surface area contributed by atoms with Crippen molar-refractivity contribution in [3.8, 4) is 0 Å². The Morgan fingerprint density at radius 1 is 1.15 bits per heavy atom. The minimum absolute atomic E-state index is 0.260. The van der Waals surface area contributed by atoms with Crippen LogP contribution >= 0.6 is 15.9 Å². The Labute approximate surface area is 126 Å². The molecule has 0 saturated carbocycles. The molecule has 0 radical (unpaired) electrons. The van der Waals surface area contributed by atoms with Crippen LogP contribution in [0.4, 0.5) is 4.39 Å². The highest BCUT2D eigenvalue weighted by Crippen LogP contribution is 2.17. The van der Waals surface area contributed by atoms with Gasteiger partial charge in [0.15, 0.2) is 0 Å². The topological polar surface area (TPSA) is 29.1 Å². The van der Waals surface area contributed by atoms with Gasteiger partial charge in [-0.15, -0.1) is 0 Å². The van der Waals surface area contributed by atoms with Gasteiger partial charge in [0.25, 0.3) is 5.91 Å². The van der Waals surface area contributed by atoms with Crippen LogP contribution in [0, 0.1) is 5.82 Å². The number of hydrogen-bond acceptors (Lipinski definition) is 1. The van der Waals surface area contributed by atoms with Gasteiger partial charge in [-0.25, -0.2) is 4.39 Å². The summed E-state index contributed by atoms with van der Waals surface area (Å²) in [6.07, 6.45) is 1.76. The number of nitrogens with one attached hydrogen (secondary N) is 1. The Balaban J connectivity index is 1.82. The summed E-state index contributed by atoms with van der Waals surface area (Å²) in [6, 6.07) is 14.2. The molecule has 0 bridgehead atoms. The zero-order valence-corrected chi connectivity index (χ0v) is 12.5. The van der Waals surface area contributed by atoms with Gasteiger partial charge in [0.05, 0.1) is 5.56 Å². The molecular weight excluding hydrogens is 321 g/mol. The summed E-state index contributed by atoms with van der Waals surface area (Å²) in [6.45, 7) is 0.566. The summed E-state index contributed by atoms with van der Waals surface area (Å²) in [7, 11) is 0. The Bertz CT molecular complexity index is 586. The standard InChI is InChI=1S/C16H15BrFNO/c17-15-9-8-13(18)11-14(15)16(20)19-10-4-7-12-5-2-1-3-6-12/h1-3,5-6,8-9,11H,4,7,10H2,(H,19,20). The predicted molar refractivity (Wildman–Crippen MR) is 81.2 cm³/mol. The molecule has 0 aliphatic heterocycles. The van der Waals surface area contributed by atoms with E-state index in [-0.39, 0.29) is 5.91 Å². The first kappa shape index (κ1) is 14.7. The highest BCUT2D eigenvalue weighted by atomic mass is 79.9. The second kappa shape index (κ2) is 7.20. The first-order chi connectivity index (χ1) is 9.66. The Morgan fingerprint density at radius 2 is 1.90 bits per heavy atom. The summed E-state index contributed by atoms with van der Waals surface area (Å²) in [5.74, 6) is -0.674. The van der Waals surface area contributed by atoms with Crippen LogP contribution in [0.25, 0.3) is 0 Å². The third kappa shape index (κ3) is 4.17. The van der Waals surface area contributed by atoms with Gasteiger partial charge in [0.2, 0.25) is 0 Å². The highest BCUT2D eigenvalue weighted by Gasteiger charge is 2.10. The van der Waals surface area contributed by atoms with Gasteiger partial charge < -0.3 is 5.32 Å². The van der Waals surface area contributed by atoms with Gasteiger partial charge in [0.1, 0.15) is 5.82 Å². The van der Waals surface area contributed by atoms with Gasteiger partial charge in [-0.05, 0) is 52.5 Å². The fourth-order valence-corrected chi connectivity index (χ4v) is 2.33. The van der Waals surface area contributed by atoms with E-state index in [1.165, 1.54) is 23.8 Å². The Morgan fingerprint density at radius 3 is 2.65 bits per heavy atom. The molecule has 2 aromatic carbocycles. The molecule has 0 atom stereocenters. The molecule has 20 heavy (non-hydrogen) atoms. The average Bonchev–Trinajstić information content (AvgIpc) is 2.47. The van der Waals surface area contributed by atoms with E-state index in [9.17, 15) is 9.18 Å². The van der Waals surface area contributed by atoms with Gasteiger partial charge in [-0.3, -0.25) is 4.79 Å². The lowest BCUT2D eigenvalue weighted by Gasteiger charge is -2.07. The minimum Gasteiger partial charge on any atom is -0.352 e. The van der Waals surface area contributed by atoms with Gasteiger partial charge >= 0.3 is 0 Å². The number of rotatable bonds is 5. The molecule has 0 aliphatic rings. The SMILES string of the molecule is O=C(NCCCc1ccccc1)c1cc(F)ccc1Br. The van der Waals surface area contributed by atoms with Gasteiger partial charge in [-0.1, -0.05) is 30.3 Å². The molecule has 0 fully saturated rings.